The van der Waals surface area contributed by atoms with Crippen molar-refractivity contribution in [1.82, 2.24) is 0 Å². The van der Waals surface area contributed by atoms with Crippen molar-refractivity contribution in [2.24, 2.45) is 0 Å². The zero-order chi connectivity index (χ0) is 24.0. The van der Waals surface area contributed by atoms with Gasteiger partial charge in [-0.1, -0.05) is 99.6 Å². The van der Waals surface area contributed by atoms with Crippen LogP contribution in [-0.4, -0.2) is 20.9 Å². The molecule has 0 unspecified atom stereocenters. The molecule has 0 aliphatic carbocycles. The molecule has 0 aliphatic heterocycles. The summed E-state index contributed by atoms with van der Waals surface area (Å²) in [6, 6.07) is 33.4. The van der Waals surface area contributed by atoms with Crippen LogP contribution in [0.15, 0.2) is 114 Å². The molecule has 4 aromatic rings. The number of ether oxygens (including phenoxy) is 1. The van der Waals surface area contributed by atoms with Crippen molar-refractivity contribution in [1.29, 1.82) is 0 Å². The Labute approximate surface area is 202 Å². The van der Waals surface area contributed by atoms with Gasteiger partial charge in [0.2, 0.25) is 0 Å². The summed E-state index contributed by atoms with van der Waals surface area (Å²) >= 11 is 0. The lowest BCUT2D eigenvalue weighted by Crippen LogP contribution is -2.66. The van der Waals surface area contributed by atoms with Crippen molar-refractivity contribution < 1.29 is 18.4 Å². The molecule has 1 atom stereocenters. The molecule has 4 nitrogen and oxygen atoms in total. The molecule has 0 radical (unpaired) electrons. The molecule has 0 spiro atoms. The van der Waals surface area contributed by atoms with Gasteiger partial charge < -0.3 is 13.6 Å². The van der Waals surface area contributed by atoms with E-state index >= 15 is 0 Å². The van der Waals surface area contributed by atoms with Crippen LogP contribution in [0.25, 0.3) is 0 Å². The molecule has 0 aliphatic rings. The number of rotatable bonds is 8. The standard InChI is InChI=1S/C29H30O4Si/c1-29(2,3)34(24-16-9-5-10-17-24,25-18-11-6-12-19-25)32-22-27(26-20-13-21-31-26)33-28(30)23-14-7-4-8-15-23/h4-21,27H,22H2,1-3H3/t27-/m0/s1. The number of carbonyl (C=O) groups is 1. The molecule has 1 heterocycles. The highest BCUT2D eigenvalue weighted by Crippen LogP contribution is 2.37. The van der Waals surface area contributed by atoms with Gasteiger partial charge >= 0.3 is 5.97 Å². The van der Waals surface area contributed by atoms with Crippen molar-refractivity contribution in [2.75, 3.05) is 6.61 Å². The second-order valence-electron chi connectivity index (χ2n) is 9.25. The molecule has 0 N–H and O–H groups in total. The lowest BCUT2D eigenvalue weighted by molar-refractivity contribution is 0.00897. The van der Waals surface area contributed by atoms with Crippen LogP contribution in [0.4, 0.5) is 0 Å². The summed E-state index contributed by atoms with van der Waals surface area (Å²) in [6.07, 6.45) is 0.908. The minimum Gasteiger partial charge on any atom is -0.465 e. The molecule has 0 saturated heterocycles. The summed E-state index contributed by atoms with van der Waals surface area (Å²) in [5.41, 5.74) is 0.490. The molecule has 1 aromatic heterocycles. The summed E-state index contributed by atoms with van der Waals surface area (Å²) in [5.74, 6) is 0.148. The molecule has 3 aromatic carbocycles. The highest BCUT2D eigenvalue weighted by atomic mass is 28.4. The van der Waals surface area contributed by atoms with E-state index in [9.17, 15) is 4.79 Å². The second-order valence-corrected chi connectivity index (χ2v) is 13.6. The lowest BCUT2D eigenvalue weighted by atomic mass is 10.2. The zero-order valence-electron chi connectivity index (χ0n) is 19.8. The Hall–Kier alpha value is -3.41. The third kappa shape index (κ3) is 4.91. The van der Waals surface area contributed by atoms with Gasteiger partial charge in [-0.05, 0) is 39.7 Å². The summed E-state index contributed by atoms with van der Waals surface area (Å²) < 4.78 is 18.6. The Bertz CT molecular complexity index is 1130. The maximum absolute atomic E-state index is 12.9. The van der Waals surface area contributed by atoms with Crippen LogP contribution >= 0.6 is 0 Å². The van der Waals surface area contributed by atoms with Crippen molar-refractivity contribution in [3.8, 4) is 0 Å². The topological polar surface area (TPSA) is 48.7 Å². The van der Waals surface area contributed by atoms with Crippen molar-refractivity contribution in [3.63, 3.8) is 0 Å². The number of hydrogen-bond acceptors (Lipinski definition) is 4. The second kappa shape index (κ2) is 10.2. The van der Waals surface area contributed by atoms with Crippen LogP contribution in [0.1, 0.15) is 43.0 Å². The van der Waals surface area contributed by atoms with Gasteiger partial charge in [0.15, 0.2) is 6.10 Å². The van der Waals surface area contributed by atoms with E-state index in [2.05, 4.69) is 69.3 Å². The predicted molar refractivity (Wildman–Crippen MR) is 137 cm³/mol. The van der Waals surface area contributed by atoms with Gasteiger partial charge in [0.25, 0.3) is 8.32 Å². The fourth-order valence-corrected chi connectivity index (χ4v) is 8.94. The van der Waals surface area contributed by atoms with Gasteiger partial charge in [-0.15, -0.1) is 0 Å². The van der Waals surface area contributed by atoms with Gasteiger partial charge in [-0.25, -0.2) is 4.79 Å². The lowest BCUT2D eigenvalue weighted by Gasteiger charge is -2.43. The summed E-state index contributed by atoms with van der Waals surface area (Å²) in [6.45, 7) is 6.84. The van der Waals surface area contributed by atoms with Gasteiger partial charge in [0.1, 0.15) is 5.76 Å². The first-order valence-corrected chi connectivity index (χ1v) is 13.4. The number of furan rings is 1. The average molecular weight is 471 g/mol. The SMILES string of the molecule is CC(C)(C)[Si](OC[C@H](OC(=O)c1ccccc1)c1ccco1)(c1ccccc1)c1ccccc1. The van der Waals surface area contributed by atoms with E-state index in [1.54, 1.807) is 24.5 Å². The molecule has 0 saturated carbocycles. The minimum absolute atomic E-state index is 0.180. The van der Waals surface area contributed by atoms with Gasteiger partial charge in [0.05, 0.1) is 18.4 Å². The average Bonchev–Trinajstić information content (AvgIpc) is 3.39. The highest BCUT2D eigenvalue weighted by Gasteiger charge is 2.50. The van der Waals surface area contributed by atoms with Crippen LogP contribution in [-0.2, 0) is 9.16 Å². The van der Waals surface area contributed by atoms with E-state index in [0.29, 0.717) is 11.3 Å². The van der Waals surface area contributed by atoms with E-state index in [4.69, 9.17) is 13.6 Å². The van der Waals surface area contributed by atoms with E-state index in [1.807, 2.05) is 36.4 Å². The Morgan fingerprint density at radius 3 is 1.79 bits per heavy atom. The molecule has 4 rings (SSSR count). The first-order valence-electron chi connectivity index (χ1n) is 11.5. The van der Waals surface area contributed by atoms with Crippen LogP contribution in [0.3, 0.4) is 0 Å². The largest absolute Gasteiger partial charge is 0.465 e. The summed E-state index contributed by atoms with van der Waals surface area (Å²) in [7, 11) is -2.79. The highest BCUT2D eigenvalue weighted by molar-refractivity contribution is 6.99. The molecule has 174 valence electrons. The smallest absolute Gasteiger partial charge is 0.338 e. The first kappa shape index (κ1) is 23.7. The zero-order valence-corrected chi connectivity index (χ0v) is 20.8. The number of hydrogen-bond donors (Lipinski definition) is 0. The van der Waals surface area contributed by atoms with Gasteiger partial charge in [-0.2, -0.15) is 0 Å². The van der Waals surface area contributed by atoms with Gasteiger partial charge in [0, 0.05) is 0 Å². The van der Waals surface area contributed by atoms with Crippen molar-refractivity contribution in [3.05, 3.63) is 121 Å². The number of carbonyl (C=O) groups excluding carboxylic acids is 1. The Balaban J connectivity index is 1.72. The Kier molecular flexibility index (Phi) is 7.15. The maximum atomic E-state index is 12.9. The van der Waals surface area contributed by atoms with Crippen molar-refractivity contribution >= 4 is 24.7 Å². The van der Waals surface area contributed by atoms with E-state index in [0.717, 1.165) is 0 Å². The molecular weight excluding hydrogens is 440 g/mol. The third-order valence-corrected chi connectivity index (χ3v) is 11.0. The van der Waals surface area contributed by atoms with Crippen LogP contribution < -0.4 is 10.4 Å². The number of benzene rings is 3. The Morgan fingerprint density at radius 1 is 0.794 bits per heavy atom. The number of esters is 1. The van der Waals surface area contributed by atoms with Gasteiger partial charge in [-0.3, -0.25) is 0 Å². The van der Waals surface area contributed by atoms with Crippen LogP contribution in [0.2, 0.25) is 5.04 Å². The fourth-order valence-electron chi connectivity index (χ4n) is 4.38. The van der Waals surface area contributed by atoms with Crippen LogP contribution in [0, 0.1) is 0 Å². The summed E-state index contributed by atoms with van der Waals surface area (Å²) in [5, 5.41) is 2.15. The molecule has 0 amide bonds. The summed E-state index contributed by atoms with van der Waals surface area (Å²) in [4.78, 5) is 12.9. The van der Waals surface area contributed by atoms with E-state index in [-0.39, 0.29) is 11.6 Å². The van der Waals surface area contributed by atoms with E-state index in [1.165, 1.54) is 10.4 Å². The molecular formula is C29H30O4Si. The van der Waals surface area contributed by atoms with Crippen LogP contribution in [0.5, 0.6) is 0 Å². The van der Waals surface area contributed by atoms with E-state index < -0.39 is 20.4 Å². The molecule has 34 heavy (non-hydrogen) atoms. The third-order valence-electron chi connectivity index (χ3n) is 5.99. The minimum atomic E-state index is -2.79. The normalized spacial score (nSPS) is 12.8. The molecule has 0 fully saturated rings. The predicted octanol–water partition coefficient (Wildman–Crippen LogP) is 5.75. The van der Waals surface area contributed by atoms with Crippen molar-refractivity contribution in [2.45, 2.75) is 31.9 Å². The fraction of sp³-hybridized carbons (Fsp3) is 0.207. The molecule has 5 heteroatoms. The quantitative estimate of drug-likeness (QED) is 0.243. The first-order chi connectivity index (χ1) is 16.4. The monoisotopic (exact) mass is 470 g/mol. The molecule has 0 bridgehead atoms. The maximum Gasteiger partial charge on any atom is 0.338 e. The Morgan fingerprint density at radius 2 is 1.32 bits per heavy atom.